The van der Waals surface area contributed by atoms with Crippen LogP contribution in [0.25, 0.3) is 0 Å². The highest BCUT2D eigenvalue weighted by molar-refractivity contribution is 5.75. The monoisotopic (exact) mass is 253 g/mol. The van der Waals surface area contributed by atoms with Gasteiger partial charge in [0.25, 0.3) is 0 Å². The summed E-state index contributed by atoms with van der Waals surface area (Å²) in [6.07, 6.45) is 0. The molecule has 2 N–H and O–H groups in total. The van der Waals surface area contributed by atoms with E-state index in [4.69, 9.17) is 15.7 Å². The quantitative estimate of drug-likeness (QED) is 0.854. The maximum atomic E-state index is 8.80. The van der Waals surface area contributed by atoms with Crippen LogP contribution in [-0.4, -0.2) is 14.2 Å². The maximum Gasteiger partial charge on any atom is 0.121 e. The van der Waals surface area contributed by atoms with Gasteiger partial charge >= 0.3 is 0 Å². The molecular weight excluding hydrogens is 238 g/mol. The van der Waals surface area contributed by atoms with Crippen LogP contribution in [0.4, 0.5) is 17.1 Å². The van der Waals surface area contributed by atoms with Crippen molar-refractivity contribution >= 4 is 17.1 Å². The molecule has 0 atom stereocenters. The zero-order chi connectivity index (χ0) is 13.8. The van der Waals surface area contributed by atoms with Gasteiger partial charge in [-0.05, 0) is 36.4 Å². The summed E-state index contributed by atoms with van der Waals surface area (Å²) in [6.45, 7) is 0. The van der Waals surface area contributed by atoms with Gasteiger partial charge in [0, 0.05) is 18.8 Å². The molecule has 4 heteroatoms. The summed E-state index contributed by atoms with van der Waals surface area (Å²) in [4.78, 5) is 1.96. The summed E-state index contributed by atoms with van der Waals surface area (Å²) < 4.78 is 5.21. The van der Waals surface area contributed by atoms with E-state index in [9.17, 15) is 0 Å². The van der Waals surface area contributed by atoms with E-state index >= 15 is 0 Å². The van der Waals surface area contributed by atoms with E-state index < -0.39 is 0 Å². The van der Waals surface area contributed by atoms with E-state index in [-0.39, 0.29) is 0 Å². The lowest BCUT2D eigenvalue weighted by molar-refractivity contribution is 0.415. The molecule has 0 radical (unpaired) electrons. The summed E-state index contributed by atoms with van der Waals surface area (Å²) in [5.74, 6) is 0.754. The predicted molar refractivity (Wildman–Crippen MR) is 76.6 cm³/mol. The highest BCUT2D eigenvalue weighted by atomic mass is 16.5. The number of rotatable bonds is 3. The fourth-order valence-electron chi connectivity index (χ4n) is 1.84. The summed E-state index contributed by atoms with van der Waals surface area (Å²) >= 11 is 0. The Hall–Kier alpha value is -2.67. The molecule has 0 bridgehead atoms. The molecule has 0 aromatic heterocycles. The van der Waals surface area contributed by atoms with Crippen LogP contribution < -0.4 is 15.4 Å². The van der Waals surface area contributed by atoms with Gasteiger partial charge in [-0.25, -0.2) is 0 Å². The molecule has 0 saturated heterocycles. The van der Waals surface area contributed by atoms with Crippen LogP contribution in [0.3, 0.4) is 0 Å². The first-order valence-corrected chi connectivity index (χ1v) is 5.83. The van der Waals surface area contributed by atoms with E-state index in [2.05, 4.69) is 6.07 Å². The molecule has 0 saturated carbocycles. The number of anilines is 3. The second kappa shape index (κ2) is 5.32. The third-order valence-electron chi connectivity index (χ3n) is 2.98. The van der Waals surface area contributed by atoms with Crippen LogP contribution >= 0.6 is 0 Å². The highest BCUT2D eigenvalue weighted by Gasteiger charge is 2.09. The normalized spacial score (nSPS) is 9.74. The zero-order valence-corrected chi connectivity index (χ0v) is 10.9. The molecule has 0 amide bonds. The van der Waals surface area contributed by atoms with Crippen LogP contribution in [-0.2, 0) is 0 Å². The number of hydrogen-bond donors (Lipinski definition) is 1. The van der Waals surface area contributed by atoms with Crippen molar-refractivity contribution in [3.05, 3.63) is 48.0 Å². The van der Waals surface area contributed by atoms with Gasteiger partial charge in [-0.3, -0.25) is 0 Å². The lowest BCUT2D eigenvalue weighted by Gasteiger charge is -2.21. The maximum absolute atomic E-state index is 8.80. The van der Waals surface area contributed by atoms with E-state index in [0.29, 0.717) is 11.3 Å². The molecular formula is C15H15N3O. The third-order valence-corrected chi connectivity index (χ3v) is 2.98. The fraction of sp³-hybridized carbons (Fsp3) is 0.133. The van der Waals surface area contributed by atoms with Crippen molar-refractivity contribution < 1.29 is 4.74 Å². The third kappa shape index (κ3) is 2.61. The molecule has 0 spiro atoms. The van der Waals surface area contributed by atoms with Gasteiger partial charge in [0.1, 0.15) is 5.75 Å². The first-order valence-electron chi connectivity index (χ1n) is 5.83. The molecule has 0 heterocycles. The largest absolute Gasteiger partial charge is 0.497 e. The fourth-order valence-corrected chi connectivity index (χ4v) is 1.84. The Balaban J connectivity index is 2.37. The van der Waals surface area contributed by atoms with Crippen molar-refractivity contribution in [1.29, 1.82) is 5.26 Å². The summed E-state index contributed by atoms with van der Waals surface area (Å²) in [5, 5.41) is 8.80. The average molecular weight is 253 g/mol. The Bertz CT molecular complexity index is 614. The molecule has 0 unspecified atom stereocenters. The molecule has 0 aliphatic rings. The SMILES string of the molecule is COc1ccc(N)c(N(C)c2ccc(C#N)cc2)c1. The van der Waals surface area contributed by atoms with Crippen LogP contribution in [0, 0.1) is 11.3 Å². The molecule has 2 rings (SSSR count). The van der Waals surface area contributed by atoms with Crippen LogP contribution in [0.2, 0.25) is 0 Å². The Morgan fingerprint density at radius 1 is 1.16 bits per heavy atom. The Morgan fingerprint density at radius 2 is 1.84 bits per heavy atom. The number of nitrogens with zero attached hydrogens (tertiary/aromatic N) is 2. The van der Waals surface area contributed by atoms with Crippen molar-refractivity contribution in [2.75, 3.05) is 24.8 Å². The van der Waals surface area contributed by atoms with E-state index in [0.717, 1.165) is 17.1 Å². The summed E-state index contributed by atoms with van der Waals surface area (Å²) in [7, 11) is 3.55. The number of methoxy groups -OCH3 is 1. The summed E-state index contributed by atoms with van der Waals surface area (Å²) in [5.41, 5.74) is 9.12. The number of hydrogen-bond acceptors (Lipinski definition) is 4. The molecule has 0 aliphatic heterocycles. The Morgan fingerprint density at radius 3 is 2.42 bits per heavy atom. The van der Waals surface area contributed by atoms with Crippen LogP contribution in [0.15, 0.2) is 42.5 Å². The molecule has 19 heavy (non-hydrogen) atoms. The molecule has 2 aromatic carbocycles. The first-order chi connectivity index (χ1) is 9.15. The number of ether oxygens (including phenoxy) is 1. The predicted octanol–water partition coefficient (Wildman–Crippen LogP) is 2.92. The van der Waals surface area contributed by atoms with Crippen molar-refractivity contribution in [3.8, 4) is 11.8 Å². The van der Waals surface area contributed by atoms with Gasteiger partial charge in [0.15, 0.2) is 0 Å². The van der Waals surface area contributed by atoms with Crippen LogP contribution in [0.1, 0.15) is 5.56 Å². The second-order valence-corrected chi connectivity index (χ2v) is 4.14. The topological polar surface area (TPSA) is 62.3 Å². The van der Waals surface area contributed by atoms with Gasteiger partial charge in [0.05, 0.1) is 30.1 Å². The Kier molecular flexibility index (Phi) is 3.58. The van der Waals surface area contributed by atoms with Gasteiger partial charge in [-0.1, -0.05) is 0 Å². The minimum absolute atomic E-state index is 0.635. The number of nitriles is 1. The van der Waals surface area contributed by atoms with Crippen molar-refractivity contribution in [2.24, 2.45) is 0 Å². The lowest BCUT2D eigenvalue weighted by atomic mass is 10.2. The van der Waals surface area contributed by atoms with E-state index in [1.54, 1.807) is 19.2 Å². The average Bonchev–Trinajstić information content (AvgIpc) is 2.47. The standard InChI is InChI=1S/C15H15N3O/c1-18(12-5-3-11(10-16)4-6-12)15-9-13(19-2)7-8-14(15)17/h3-9H,17H2,1-2H3. The Labute approximate surface area is 112 Å². The van der Waals surface area contributed by atoms with Crippen molar-refractivity contribution in [1.82, 2.24) is 0 Å². The molecule has 0 fully saturated rings. The number of benzene rings is 2. The first kappa shape index (κ1) is 12.8. The second-order valence-electron chi connectivity index (χ2n) is 4.14. The van der Waals surface area contributed by atoms with Crippen molar-refractivity contribution in [2.45, 2.75) is 0 Å². The lowest BCUT2D eigenvalue weighted by Crippen LogP contribution is -2.11. The molecule has 0 aliphatic carbocycles. The molecule has 4 nitrogen and oxygen atoms in total. The highest BCUT2D eigenvalue weighted by Crippen LogP contribution is 2.32. The van der Waals surface area contributed by atoms with Crippen molar-refractivity contribution in [3.63, 3.8) is 0 Å². The van der Waals surface area contributed by atoms with Gasteiger partial charge in [-0.15, -0.1) is 0 Å². The van der Waals surface area contributed by atoms with E-state index in [1.807, 2.05) is 42.3 Å². The molecule has 96 valence electrons. The number of nitrogen functional groups attached to an aromatic ring is 1. The minimum Gasteiger partial charge on any atom is -0.497 e. The van der Waals surface area contributed by atoms with Gasteiger partial charge in [0.2, 0.25) is 0 Å². The number of nitrogens with two attached hydrogens (primary N) is 1. The van der Waals surface area contributed by atoms with Crippen LogP contribution in [0.5, 0.6) is 5.75 Å². The smallest absolute Gasteiger partial charge is 0.121 e. The molecule has 2 aromatic rings. The van der Waals surface area contributed by atoms with Gasteiger partial charge in [-0.2, -0.15) is 5.26 Å². The van der Waals surface area contributed by atoms with Gasteiger partial charge < -0.3 is 15.4 Å². The summed E-state index contributed by atoms with van der Waals surface area (Å²) in [6, 6.07) is 15.0. The minimum atomic E-state index is 0.635. The zero-order valence-electron chi connectivity index (χ0n) is 10.9. The van der Waals surface area contributed by atoms with E-state index in [1.165, 1.54) is 0 Å².